The first-order chi connectivity index (χ1) is 9.19. The summed E-state index contributed by atoms with van der Waals surface area (Å²) in [7, 11) is 1.33. The predicted molar refractivity (Wildman–Crippen MR) is 73.4 cm³/mol. The van der Waals surface area contributed by atoms with Gasteiger partial charge in [0.2, 0.25) is 0 Å². The summed E-state index contributed by atoms with van der Waals surface area (Å²) < 4.78 is 4.58. The summed E-state index contributed by atoms with van der Waals surface area (Å²) in [5, 5.41) is 13.7. The molecule has 1 rings (SSSR count). The molecule has 0 aliphatic heterocycles. The first kappa shape index (κ1) is 15.8. The van der Waals surface area contributed by atoms with Gasteiger partial charge < -0.3 is 15.2 Å². The zero-order chi connectivity index (χ0) is 14.1. The number of nitrogens with one attached hydrogen (secondary N) is 1. The monoisotopic (exact) mass is 285 g/mol. The molecule has 5 nitrogen and oxygen atoms in total. The number of hydrogen-bond acceptors (Lipinski definition) is 6. The molecule has 1 atom stereocenters. The summed E-state index contributed by atoms with van der Waals surface area (Å²) in [5.74, 6) is -0.343. The number of rotatable bonds is 9. The van der Waals surface area contributed by atoms with Gasteiger partial charge in [-0.3, -0.25) is 9.59 Å². The lowest BCUT2D eigenvalue weighted by Gasteiger charge is -2.16. The third-order valence-electron chi connectivity index (χ3n) is 2.67. The highest BCUT2D eigenvalue weighted by Gasteiger charge is 2.21. The maximum absolute atomic E-state index is 12.2. The quantitative estimate of drug-likeness (QED) is 0.405. The molecular formula is C13H19NO4S. The van der Waals surface area contributed by atoms with Crippen LogP contribution in [0.1, 0.15) is 28.9 Å². The third kappa shape index (κ3) is 5.50. The van der Waals surface area contributed by atoms with E-state index >= 15 is 0 Å². The van der Waals surface area contributed by atoms with Crippen molar-refractivity contribution in [3.8, 4) is 0 Å². The molecule has 0 saturated carbocycles. The molecule has 0 radical (unpaired) electrons. The number of thiophene rings is 1. The zero-order valence-electron chi connectivity index (χ0n) is 10.9. The molecule has 0 aliphatic rings. The van der Waals surface area contributed by atoms with Crippen LogP contribution in [0.3, 0.4) is 0 Å². The van der Waals surface area contributed by atoms with Crippen molar-refractivity contribution in [3.63, 3.8) is 0 Å². The van der Waals surface area contributed by atoms with E-state index in [1.165, 1.54) is 18.4 Å². The molecule has 0 fully saturated rings. The fraction of sp³-hybridized carbons (Fsp3) is 0.538. The maximum Gasteiger partial charge on any atom is 0.305 e. The second kappa shape index (κ2) is 8.79. The molecule has 1 heterocycles. The molecule has 0 aromatic carbocycles. The van der Waals surface area contributed by atoms with Crippen molar-refractivity contribution in [2.24, 2.45) is 0 Å². The molecule has 1 unspecified atom stereocenters. The second-order valence-corrected chi connectivity index (χ2v) is 4.99. The van der Waals surface area contributed by atoms with E-state index in [0.717, 1.165) is 0 Å². The van der Waals surface area contributed by atoms with E-state index in [4.69, 9.17) is 5.11 Å². The molecule has 0 amide bonds. The molecular weight excluding hydrogens is 266 g/mol. The Hall–Kier alpha value is -1.24. The zero-order valence-corrected chi connectivity index (χ0v) is 11.7. The molecule has 1 aromatic heterocycles. The van der Waals surface area contributed by atoms with E-state index in [9.17, 15) is 9.59 Å². The van der Waals surface area contributed by atoms with Crippen molar-refractivity contribution in [2.75, 3.05) is 20.3 Å². The van der Waals surface area contributed by atoms with Crippen molar-refractivity contribution in [1.82, 2.24) is 5.32 Å². The standard InChI is InChI=1S/C13H19NO4S/c1-18-12(16)6-5-10(14-7-3-8-15)13(17)11-4-2-9-19-11/h2,4,9-10,14-15H,3,5-8H2,1H3. The van der Waals surface area contributed by atoms with Gasteiger partial charge in [-0.05, 0) is 30.8 Å². The lowest BCUT2D eigenvalue weighted by molar-refractivity contribution is -0.140. The fourth-order valence-electron chi connectivity index (χ4n) is 1.64. The predicted octanol–water partition coefficient (Wildman–Crippen LogP) is 1.22. The van der Waals surface area contributed by atoms with Gasteiger partial charge in [0.05, 0.1) is 18.0 Å². The van der Waals surface area contributed by atoms with Crippen LogP contribution in [0.4, 0.5) is 0 Å². The van der Waals surface area contributed by atoms with E-state index in [1.54, 1.807) is 6.07 Å². The Morgan fingerprint density at radius 3 is 2.89 bits per heavy atom. The molecule has 0 aliphatic carbocycles. The van der Waals surface area contributed by atoms with Crippen LogP contribution in [0, 0.1) is 0 Å². The third-order valence-corrected chi connectivity index (χ3v) is 3.56. The van der Waals surface area contributed by atoms with Crippen LogP contribution >= 0.6 is 11.3 Å². The van der Waals surface area contributed by atoms with Gasteiger partial charge in [-0.2, -0.15) is 0 Å². The highest BCUT2D eigenvalue weighted by atomic mass is 32.1. The van der Waals surface area contributed by atoms with Gasteiger partial charge >= 0.3 is 5.97 Å². The smallest absolute Gasteiger partial charge is 0.305 e. The van der Waals surface area contributed by atoms with E-state index in [0.29, 0.717) is 24.3 Å². The normalized spacial score (nSPS) is 12.1. The van der Waals surface area contributed by atoms with Gasteiger partial charge in [0.25, 0.3) is 0 Å². The van der Waals surface area contributed by atoms with Gasteiger partial charge in [-0.25, -0.2) is 0 Å². The summed E-state index contributed by atoms with van der Waals surface area (Å²) in [6.07, 6.45) is 1.17. The Morgan fingerprint density at radius 2 is 2.32 bits per heavy atom. The molecule has 2 N–H and O–H groups in total. The number of ketones is 1. The largest absolute Gasteiger partial charge is 0.469 e. The number of carbonyl (C=O) groups is 2. The highest BCUT2D eigenvalue weighted by Crippen LogP contribution is 2.14. The lowest BCUT2D eigenvalue weighted by atomic mass is 10.1. The molecule has 0 spiro atoms. The maximum atomic E-state index is 12.2. The Morgan fingerprint density at radius 1 is 1.53 bits per heavy atom. The van der Waals surface area contributed by atoms with Crippen LogP contribution in [0.2, 0.25) is 0 Å². The van der Waals surface area contributed by atoms with Gasteiger partial charge in [0.15, 0.2) is 5.78 Å². The van der Waals surface area contributed by atoms with Crippen LogP contribution in [-0.2, 0) is 9.53 Å². The number of aliphatic hydroxyl groups excluding tert-OH is 1. The fourth-order valence-corrected chi connectivity index (χ4v) is 2.36. The SMILES string of the molecule is COC(=O)CCC(NCCCO)C(=O)c1cccs1. The van der Waals surface area contributed by atoms with E-state index < -0.39 is 6.04 Å². The number of esters is 1. The number of methoxy groups -OCH3 is 1. The number of carbonyl (C=O) groups excluding carboxylic acids is 2. The highest BCUT2D eigenvalue weighted by molar-refractivity contribution is 7.12. The molecule has 1 aromatic rings. The van der Waals surface area contributed by atoms with E-state index in [1.807, 2.05) is 11.4 Å². The Bertz CT molecular complexity index is 391. The summed E-state index contributed by atoms with van der Waals surface area (Å²) in [4.78, 5) is 24.1. The molecule has 0 saturated heterocycles. The van der Waals surface area contributed by atoms with Gasteiger partial charge in [-0.15, -0.1) is 11.3 Å². The van der Waals surface area contributed by atoms with Gasteiger partial charge in [0.1, 0.15) is 0 Å². The summed E-state index contributed by atoms with van der Waals surface area (Å²) in [6, 6.07) is 3.18. The average molecular weight is 285 g/mol. The second-order valence-electron chi connectivity index (χ2n) is 4.04. The van der Waals surface area contributed by atoms with Crippen LogP contribution in [0.15, 0.2) is 17.5 Å². The lowest BCUT2D eigenvalue weighted by Crippen LogP contribution is -2.37. The summed E-state index contributed by atoms with van der Waals surface area (Å²) in [5.41, 5.74) is 0. The van der Waals surface area contributed by atoms with E-state index in [-0.39, 0.29) is 24.8 Å². The average Bonchev–Trinajstić information content (AvgIpc) is 2.95. The van der Waals surface area contributed by atoms with Crippen LogP contribution < -0.4 is 5.32 Å². The van der Waals surface area contributed by atoms with Crippen LogP contribution in [0.25, 0.3) is 0 Å². The van der Waals surface area contributed by atoms with Crippen molar-refractivity contribution < 1.29 is 19.4 Å². The van der Waals surface area contributed by atoms with Crippen molar-refractivity contribution in [3.05, 3.63) is 22.4 Å². The topological polar surface area (TPSA) is 75.6 Å². The molecule has 0 bridgehead atoms. The minimum Gasteiger partial charge on any atom is -0.469 e. The number of hydrogen-bond donors (Lipinski definition) is 2. The van der Waals surface area contributed by atoms with Crippen molar-refractivity contribution in [2.45, 2.75) is 25.3 Å². The van der Waals surface area contributed by atoms with Gasteiger partial charge in [0, 0.05) is 13.0 Å². The van der Waals surface area contributed by atoms with Crippen molar-refractivity contribution in [1.29, 1.82) is 0 Å². The minimum absolute atomic E-state index is 0.0168. The van der Waals surface area contributed by atoms with Gasteiger partial charge in [-0.1, -0.05) is 6.07 Å². The number of Topliss-reactive ketones (excluding diaryl/α,β-unsaturated/α-hetero) is 1. The first-order valence-electron chi connectivity index (χ1n) is 6.17. The Labute approximate surface area is 116 Å². The van der Waals surface area contributed by atoms with Crippen LogP contribution in [-0.4, -0.2) is 43.2 Å². The summed E-state index contributed by atoms with van der Waals surface area (Å²) >= 11 is 1.38. The Kier molecular flexibility index (Phi) is 7.32. The number of aliphatic hydroxyl groups is 1. The molecule has 106 valence electrons. The Balaban J connectivity index is 2.57. The number of ether oxygens (including phenoxy) is 1. The van der Waals surface area contributed by atoms with Crippen molar-refractivity contribution >= 4 is 23.1 Å². The first-order valence-corrected chi connectivity index (χ1v) is 7.05. The van der Waals surface area contributed by atoms with E-state index in [2.05, 4.69) is 10.1 Å². The molecule has 19 heavy (non-hydrogen) atoms. The minimum atomic E-state index is -0.413. The van der Waals surface area contributed by atoms with Crippen LogP contribution in [0.5, 0.6) is 0 Å². The molecule has 6 heteroatoms. The summed E-state index contributed by atoms with van der Waals surface area (Å²) in [6.45, 7) is 0.614.